The zero-order chi connectivity index (χ0) is 11.8. The van der Waals surface area contributed by atoms with E-state index in [9.17, 15) is 18.0 Å². The highest BCUT2D eigenvalue weighted by molar-refractivity contribution is 5.86. The van der Waals surface area contributed by atoms with Gasteiger partial charge in [0.1, 0.15) is 0 Å². The number of ketones is 1. The van der Waals surface area contributed by atoms with Gasteiger partial charge in [-0.1, -0.05) is 24.3 Å². The van der Waals surface area contributed by atoms with Crippen LogP contribution in [0.4, 0.5) is 13.2 Å². The lowest BCUT2D eigenvalue weighted by molar-refractivity contribution is -0.170. The molecule has 0 amide bonds. The molecule has 0 N–H and O–H groups in total. The number of rotatable bonds is 3. The van der Waals surface area contributed by atoms with Crippen LogP contribution in [0.5, 0.6) is 0 Å². The lowest BCUT2D eigenvalue weighted by Crippen LogP contribution is -2.24. The van der Waals surface area contributed by atoms with Gasteiger partial charge in [-0.2, -0.15) is 13.2 Å². The molecule has 0 saturated heterocycles. The van der Waals surface area contributed by atoms with Crippen molar-refractivity contribution in [3.05, 3.63) is 35.4 Å². The zero-order valence-electron chi connectivity index (χ0n) is 8.55. The Kier molecular flexibility index (Phi) is 2.74. The quantitative estimate of drug-likeness (QED) is 0.776. The van der Waals surface area contributed by atoms with Gasteiger partial charge in [-0.05, 0) is 29.9 Å². The van der Waals surface area contributed by atoms with Crippen LogP contribution in [0.25, 0.3) is 0 Å². The van der Waals surface area contributed by atoms with Crippen LogP contribution in [0, 0.1) is 0 Å². The molecule has 2 rings (SSSR count). The Morgan fingerprint density at radius 1 is 1.31 bits per heavy atom. The van der Waals surface area contributed by atoms with Crippen LogP contribution in [0.2, 0.25) is 0 Å². The first kappa shape index (κ1) is 11.2. The molecule has 0 aromatic heterocycles. The largest absolute Gasteiger partial charge is 0.450 e. The van der Waals surface area contributed by atoms with Crippen molar-refractivity contribution in [2.24, 2.45) is 0 Å². The molecule has 4 heteroatoms. The molecule has 1 aromatic carbocycles. The highest BCUT2D eigenvalue weighted by Crippen LogP contribution is 2.40. The Labute approximate surface area is 91.3 Å². The molecule has 16 heavy (non-hydrogen) atoms. The van der Waals surface area contributed by atoms with Crippen LogP contribution in [0.15, 0.2) is 24.3 Å². The van der Waals surface area contributed by atoms with Crippen molar-refractivity contribution in [2.45, 2.75) is 31.4 Å². The Hall–Kier alpha value is -1.32. The van der Waals surface area contributed by atoms with Gasteiger partial charge in [0.25, 0.3) is 0 Å². The number of Topliss-reactive ketones (excluding diaryl/α,β-unsaturated/α-hetero) is 1. The van der Waals surface area contributed by atoms with Crippen molar-refractivity contribution in [3.8, 4) is 0 Å². The van der Waals surface area contributed by atoms with Gasteiger partial charge < -0.3 is 0 Å². The number of halogens is 3. The molecule has 0 spiro atoms. The van der Waals surface area contributed by atoms with E-state index >= 15 is 0 Å². The van der Waals surface area contributed by atoms with Crippen molar-refractivity contribution in [1.82, 2.24) is 0 Å². The standard InChI is InChI=1S/C12H11F3O/c13-12(14,15)11(16)7-8-2-1-3-10(6-8)9-4-5-9/h1-3,6,9H,4-5,7H2. The summed E-state index contributed by atoms with van der Waals surface area (Å²) in [5.41, 5.74) is 1.50. The van der Waals surface area contributed by atoms with Crippen molar-refractivity contribution in [2.75, 3.05) is 0 Å². The molecule has 0 unspecified atom stereocenters. The van der Waals surface area contributed by atoms with Gasteiger partial charge in [-0.15, -0.1) is 0 Å². The minimum absolute atomic E-state index is 0.451. The van der Waals surface area contributed by atoms with Crippen molar-refractivity contribution in [3.63, 3.8) is 0 Å². The number of benzene rings is 1. The fourth-order valence-corrected chi connectivity index (χ4v) is 1.66. The van der Waals surface area contributed by atoms with E-state index in [2.05, 4.69) is 0 Å². The number of carbonyl (C=O) groups excluding carboxylic acids is 1. The monoisotopic (exact) mass is 228 g/mol. The van der Waals surface area contributed by atoms with Crippen molar-refractivity contribution < 1.29 is 18.0 Å². The van der Waals surface area contributed by atoms with E-state index in [-0.39, 0.29) is 0 Å². The number of carbonyl (C=O) groups is 1. The summed E-state index contributed by atoms with van der Waals surface area (Å²) < 4.78 is 36.2. The third kappa shape index (κ3) is 2.62. The Morgan fingerprint density at radius 2 is 2.00 bits per heavy atom. The van der Waals surface area contributed by atoms with Gasteiger partial charge in [-0.3, -0.25) is 4.79 Å². The van der Waals surface area contributed by atoms with Crippen LogP contribution in [-0.4, -0.2) is 12.0 Å². The van der Waals surface area contributed by atoms with E-state index < -0.39 is 18.4 Å². The second-order valence-electron chi connectivity index (χ2n) is 4.12. The summed E-state index contributed by atoms with van der Waals surface area (Å²) in [6, 6.07) is 6.89. The summed E-state index contributed by atoms with van der Waals surface area (Å²) in [6.07, 6.45) is -3.09. The molecule has 1 aliphatic rings. The van der Waals surface area contributed by atoms with Crippen LogP contribution in [0.3, 0.4) is 0 Å². The summed E-state index contributed by atoms with van der Waals surface area (Å²) in [5, 5.41) is 0. The topological polar surface area (TPSA) is 17.1 Å². The fourth-order valence-electron chi connectivity index (χ4n) is 1.66. The van der Waals surface area contributed by atoms with E-state index in [1.807, 2.05) is 6.07 Å². The SMILES string of the molecule is O=C(Cc1cccc(C2CC2)c1)C(F)(F)F. The molecule has 0 atom stereocenters. The first-order valence-corrected chi connectivity index (χ1v) is 5.15. The lowest BCUT2D eigenvalue weighted by Gasteiger charge is -2.06. The highest BCUT2D eigenvalue weighted by Gasteiger charge is 2.37. The van der Waals surface area contributed by atoms with Gasteiger partial charge >= 0.3 is 6.18 Å². The number of hydrogen-bond donors (Lipinski definition) is 0. The third-order valence-electron chi connectivity index (χ3n) is 2.68. The molecule has 1 saturated carbocycles. The Bertz CT molecular complexity index is 405. The predicted molar refractivity (Wildman–Crippen MR) is 53.2 cm³/mol. The summed E-state index contributed by atoms with van der Waals surface area (Å²) in [5.74, 6) is -1.19. The van der Waals surface area contributed by atoms with E-state index in [0.717, 1.165) is 18.4 Å². The third-order valence-corrected chi connectivity index (χ3v) is 2.68. The molecule has 0 heterocycles. The van der Waals surface area contributed by atoms with Gasteiger partial charge in [0, 0.05) is 6.42 Å². The number of alkyl halides is 3. The molecular formula is C12H11F3O. The Morgan fingerprint density at radius 3 is 2.56 bits per heavy atom. The molecular weight excluding hydrogens is 217 g/mol. The van der Waals surface area contributed by atoms with Crippen molar-refractivity contribution in [1.29, 1.82) is 0 Å². The molecule has 0 radical (unpaired) electrons. The summed E-state index contributed by atoms with van der Waals surface area (Å²) in [7, 11) is 0. The average Bonchev–Trinajstić information content (AvgIpc) is 2.99. The maximum atomic E-state index is 12.1. The first-order chi connectivity index (χ1) is 7.47. The highest BCUT2D eigenvalue weighted by atomic mass is 19.4. The molecule has 0 bridgehead atoms. The lowest BCUT2D eigenvalue weighted by atomic mass is 10.0. The minimum atomic E-state index is -4.73. The van der Waals surface area contributed by atoms with Crippen LogP contribution < -0.4 is 0 Å². The average molecular weight is 228 g/mol. The maximum Gasteiger partial charge on any atom is 0.450 e. The predicted octanol–water partition coefficient (Wildman–Crippen LogP) is 3.24. The second kappa shape index (κ2) is 3.92. The molecule has 1 fully saturated rings. The Balaban J connectivity index is 2.09. The van der Waals surface area contributed by atoms with Crippen LogP contribution in [-0.2, 0) is 11.2 Å². The molecule has 1 aromatic rings. The van der Waals surface area contributed by atoms with Gasteiger partial charge in [0.15, 0.2) is 0 Å². The number of hydrogen-bond acceptors (Lipinski definition) is 1. The zero-order valence-corrected chi connectivity index (χ0v) is 8.55. The first-order valence-electron chi connectivity index (χ1n) is 5.15. The van der Waals surface area contributed by atoms with Gasteiger partial charge in [0.05, 0.1) is 0 Å². The van der Waals surface area contributed by atoms with E-state index in [1.165, 1.54) is 0 Å². The van der Waals surface area contributed by atoms with E-state index in [0.29, 0.717) is 11.5 Å². The molecule has 86 valence electrons. The minimum Gasteiger partial charge on any atom is -0.289 e. The smallest absolute Gasteiger partial charge is 0.289 e. The van der Waals surface area contributed by atoms with Crippen molar-refractivity contribution >= 4 is 5.78 Å². The molecule has 1 nitrogen and oxygen atoms in total. The van der Waals surface area contributed by atoms with E-state index in [1.54, 1.807) is 18.2 Å². The molecule has 0 aliphatic heterocycles. The normalized spacial score (nSPS) is 16.2. The fraction of sp³-hybridized carbons (Fsp3) is 0.417. The maximum absolute atomic E-state index is 12.1. The molecule has 1 aliphatic carbocycles. The summed E-state index contributed by atoms with van der Waals surface area (Å²) in [4.78, 5) is 10.8. The van der Waals surface area contributed by atoms with Gasteiger partial charge in [0.2, 0.25) is 5.78 Å². The summed E-state index contributed by atoms with van der Waals surface area (Å²) in [6.45, 7) is 0. The van der Waals surface area contributed by atoms with E-state index in [4.69, 9.17) is 0 Å². The van der Waals surface area contributed by atoms with Crippen LogP contribution in [0.1, 0.15) is 29.9 Å². The second-order valence-corrected chi connectivity index (χ2v) is 4.12. The van der Waals surface area contributed by atoms with Gasteiger partial charge in [-0.25, -0.2) is 0 Å². The van der Waals surface area contributed by atoms with Crippen LogP contribution >= 0.6 is 0 Å². The summed E-state index contributed by atoms with van der Waals surface area (Å²) >= 11 is 0.